The molecule has 1 aliphatic rings. The number of carbonyl (C=O) groups is 1. The number of morpholine rings is 1. The largest absolute Gasteiger partial charge is 0.378 e. The van der Waals surface area contributed by atoms with Gasteiger partial charge >= 0.3 is 0 Å². The molecule has 0 bridgehead atoms. The zero-order valence-corrected chi connectivity index (χ0v) is 14.3. The molecule has 1 aliphatic heterocycles. The summed E-state index contributed by atoms with van der Waals surface area (Å²) in [5.74, 6) is -2.69. The molecule has 0 atom stereocenters. The fourth-order valence-electron chi connectivity index (χ4n) is 2.57. The first-order chi connectivity index (χ1) is 12.1. The maximum atomic E-state index is 12.3. The fourth-order valence-corrected chi connectivity index (χ4v) is 3.07. The van der Waals surface area contributed by atoms with Crippen molar-refractivity contribution in [2.24, 2.45) is 0 Å². The average molecular weight is 364 g/mol. The van der Waals surface area contributed by atoms with Crippen molar-refractivity contribution in [3.8, 4) is 0 Å². The fraction of sp³-hybridized carbons (Fsp3) is 0.278. The molecule has 0 saturated carbocycles. The van der Waals surface area contributed by atoms with E-state index in [0.717, 1.165) is 18.8 Å². The van der Waals surface area contributed by atoms with E-state index in [4.69, 9.17) is 4.74 Å². The Balaban J connectivity index is 1.60. The van der Waals surface area contributed by atoms with Crippen LogP contribution in [-0.2, 0) is 4.74 Å². The van der Waals surface area contributed by atoms with Crippen LogP contribution in [0.2, 0.25) is 0 Å². The first-order valence-electron chi connectivity index (χ1n) is 7.91. The predicted octanol–water partition coefficient (Wildman–Crippen LogP) is 4.09. The van der Waals surface area contributed by atoms with Gasteiger partial charge in [0, 0.05) is 34.9 Å². The molecular weight excluding hydrogens is 346 g/mol. The second-order valence-corrected chi connectivity index (χ2v) is 6.57. The summed E-state index contributed by atoms with van der Waals surface area (Å²) in [6.45, 7) is 3.10. The van der Waals surface area contributed by atoms with Gasteiger partial charge in [0.05, 0.1) is 13.2 Å². The number of carbonyl (C=O) groups excluding carboxylic acids is 1. The van der Waals surface area contributed by atoms with Gasteiger partial charge in [-0.1, -0.05) is 11.8 Å². The molecule has 1 fully saturated rings. The molecule has 132 valence electrons. The topological polar surface area (TPSA) is 41.6 Å². The third-order valence-corrected chi connectivity index (χ3v) is 4.57. The van der Waals surface area contributed by atoms with Gasteiger partial charge in [0.2, 0.25) is 0 Å². The molecule has 0 spiro atoms. The highest BCUT2D eigenvalue weighted by Crippen LogP contribution is 2.26. The van der Waals surface area contributed by atoms with Crippen LogP contribution in [0.25, 0.3) is 0 Å². The lowest BCUT2D eigenvalue weighted by atomic mass is 10.1. The minimum atomic E-state index is -2.45. The van der Waals surface area contributed by atoms with Crippen LogP contribution in [0.15, 0.2) is 53.4 Å². The number of hydrogen-bond donors (Lipinski definition) is 1. The van der Waals surface area contributed by atoms with Crippen LogP contribution in [0, 0.1) is 0 Å². The van der Waals surface area contributed by atoms with Crippen LogP contribution >= 0.6 is 11.8 Å². The third kappa shape index (κ3) is 4.93. The Hall–Kier alpha value is -2.12. The number of nitrogens with one attached hydrogen (secondary N) is 1. The number of alkyl halides is 2. The van der Waals surface area contributed by atoms with Crippen LogP contribution in [-0.4, -0.2) is 38.0 Å². The van der Waals surface area contributed by atoms with Crippen molar-refractivity contribution in [2.45, 2.75) is 10.7 Å². The summed E-state index contributed by atoms with van der Waals surface area (Å²) in [4.78, 5) is 15.0. The Morgan fingerprint density at radius 3 is 2.28 bits per heavy atom. The van der Waals surface area contributed by atoms with Gasteiger partial charge in [-0.05, 0) is 48.5 Å². The summed E-state index contributed by atoms with van der Waals surface area (Å²) in [5.41, 5.74) is 2.18. The zero-order valence-electron chi connectivity index (χ0n) is 13.5. The Morgan fingerprint density at radius 1 is 1.04 bits per heavy atom. The Kier molecular flexibility index (Phi) is 5.88. The molecule has 0 unspecified atom stereocenters. The molecule has 2 aromatic carbocycles. The molecule has 7 heteroatoms. The molecule has 3 rings (SSSR count). The third-order valence-electron chi connectivity index (χ3n) is 3.84. The average Bonchev–Trinajstić information content (AvgIpc) is 2.64. The Morgan fingerprint density at radius 2 is 1.68 bits per heavy atom. The Bertz CT molecular complexity index is 702. The van der Waals surface area contributed by atoms with Gasteiger partial charge in [0.1, 0.15) is 0 Å². The molecule has 0 aromatic heterocycles. The smallest absolute Gasteiger partial charge is 0.288 e. The second kappa shape index (κ2) is 8.31. The number of thioether (sulfide) groups is 1. The molecular formula is C18H18F2N2O2S. The van der Waals surface area contributed by atoms with E-state index in [1.807, 2.05) is 12.1 Å². The normalized spacial score (nSPS) is 14.6. The number of amides is 1. The lowest BCUT2D eigenvalue weighted by Gasteiger charge is -2.28. The van der Waals surface area contributed by atoms with Crippen molar-refractivity contribution in [1.29, 1.82) is 0 Å². The number of hydrogen-bond acceptors (Lipinski definition) is 4. The number of benzene rings is 2. The van der Waals surface area contributed by atoms with Crippen molar-refractivity contribution in [1.82, 2.24) is 0 Å². The number of halogens is 2. The molecule has 1 saturated heterocycles. The minimum Gasteiger partial charge on any atom is -0.378 e. The summed E-state index contributed by atoms with van der Waals surface area (Å²) in [5, 5.41) is 2.77. The number of ether oxygens (including phenoxy) is 1. The molecule has 25 heavy (non-hydrogen) atoms. The molecule has 0 aliphatic carbocycles. The van der Waals surface area contributed by atoms with Crippen LogP contribution < -0.4 is 10.2 Å². The van der Waals surface area contributed by atoms with Gasteiger partial charge in [0.25, 0.3) is 11.7 Å². The van der Waals surface area contributed by atoms with E-state index < -0.39 is 5.76 Å². The number of rotatable bonds is 5. The SMILES string of the molecule is O=C(Nc1ccc(SC(F)F)cc1)c1ccc(N2CCOCC2)cc1. The first-order valence-corrected chi connectivity index (χ1v) is 8.79. The van der Waals surface area contributed by atoms with E-state index in [2.05, 4.69) is 10.2 Å². The molecule has 1 amide bonds. The van der Waals surface area contributed by atoms with Crippen molar-refractivity contribution < 1.29 is 18.3 Å². The monoisotopic (exact) mass is 364 g/mol. The maximum Gasteiger partial charge on any atom is 0.288 e. The van der Waals surface area contributed by atoms with Crippen molar-refractivity contribution in [3.63, 3.8) is 0 Å². The van der Waals surface area contributed by atoms with Gasteiger partial charge in [0.15, 0.2) is 0 Å². The van der Waals surface area contributed by atoms with Gasteiger partial charge in [-0.15, -0.1) is 0 Å². The van der Waals surface area contributed by atoms with Crippen LogP contribution in [0.1, 0.15) is 10.4 Å². The predicted molar refractivity (Wildman–Crippen MR) is 95.7 cm³/mol. The highest BCUT2D eigenvalue weighted by atomic mass is 32.2. The van der Waals surface area contributed by atoms with Crippen molar-refractivity contribution in [3.05, 3.63) is 54.1 Å². The molecule has 1 N–H and O–H groups in total. The first kappa shape index (κ1) is 17.7. The van der Waals surface area contributed by atoms with Crippen LogP contribution in [0.5, 0.6) is 0 Å². The quantitative estimate of drug-likeness (QED) is 0.812. The molecule has 2 aromatic rings. The lowest BCUT2D eigenvalue weighted by molar-refractivity contribution is 0.102. The van der Waals surface area contributed by atoms with Gasteiger partial charge in [-0.25, -0.2) is 0 Å². The van der Waals surface area contributed by atoms with Crippen LogP contribution in [0.4, 0.5) is 20.2 Å². The highest BCUT2D eigenvalue weighted by molar-refractivity contribution is 7.99. The summed E-state index contributed by atoms with van der Waals surface area (Å²) >= 11 is 0.478. The van der Waals surface area contributed by atoms with Crippen molar-refractivity contribution >= 4 is 29.0 Å². The van der Waals surface area contributed by atoms with E-state index in [1.165, 1.54) is 0 Å². The van der Waals surface area contributed by atoms with E-state index in [9.17, 15) is 13.6 Å². The highest BCUT2D eigenvalue weighted by Gasteiger charge is 2.12. The molecule has 0 radical (unpaired) electrons. The number of anilines is 2. The zero-order chi connectivity index (χ0) is 17.6. The van der Waals surface area contributed by atoms with E-state index >= 15 is 0 Å². The minimum absolute atomic E-state index is 0.234. The summed E-state index contributed by atoms with van der Waals surface area (Å²) in [6.07, 6.45) is 0. The van der Waals surface area contributed by atoms with E-state index in [-0.39, 0.29) is 5.91 Å². The van der Waals surface area contributed by atoms with E-state index in [0.29, 0.717) is 41.1 Å². The number of nitrogens with zero attached hydrogens (tertiary/aromatic N) is 1. The molecule has 1 heterocycles. The second-order valence-electron chi connectivity index (χ2n) is 5.50. The standard InChI is InChI=1S/C18H18F2N2O2S/c19-18(20)25-16-7-3-14(4-8-16)21-17(23)13-1-5-15(6-2-13)22-9-11-24-12-10-22/h1-8,18H,9-12H2,(H,21,23). The lowest BCUT2D eigenvalue weighted by Crippen LogP contribution is -2.36. The Labute approximate surface area is 149 Å². The van der Waals surface area contributed by atoms with Gasteiger partial charge < -0.3 is 15.0 Å². The molecule has 4 nitrogen and oxygen atoms in total. The van der Waals surface area contributed by atoms with Gasteiger partial charge in [-0.2, -0.15) is 8.78 Å². The van der Waals surface area contributed by atoms with E-state index in [1.54, 1.807) is 36.4 Å². The summed E-state index contributed by atoms with van der Waals surface area (Å²) in [7, 11) is 0. The summed E-state index contributed by atoms with van der Waals surface area (Å²) in [6, 6.07) is 13.8. The van der Waals surface area contributed by atoms with Crippen molar-refractivity contribution in [2.75, 3.05) is 36.5 Å². The van der Waals surface area contributed by atoms with Gasteiger partial charge in [-0.3, -0.25) is 4.79 Å². The van der Waals surface area contributed by atoms with Crippen LogP contribution in [0.3, 0.4) is 0 Å². The summed E-state index contributed by atoms with van der Waals surface area (Å²) < 4.78 is 29.9. The maximum absolute atomic E-state index is 12.3.